The zero-order valence-electron chi connectivity index (χ0n) is 17.3. The highest BCUT2D eigenvalue weighted by Crippen LogP contribution is 2.27. The van der Waals surface area contributed by atoms with Crippen molar-refractivity contribution in [3.63, 3.8) is 0 Å². The third-order valence-electron chi connectivity index (χ3n) is 5.73. The predicted molar refractivity (Wildman–Crippen MR) is 116 cm³/mol. The second-order valence-corrected chi connectivity index (χ2v) is 7.97. The predicted octanol–water partition coefficient (Wildman–Crippen LogP) is 3.23. The molecule has 0 unspecified atom stereocenters. The SMILES string of the molecule is CN(C(=O)n1cnc(-c2cc(O)cc(O)c2)c1)C1CCN(Cc2cccc(O)c2)CC1. The fourth-order valence-corrected chi connectivity index (χ4v) is 4.04. The first-order valence-electron chi connectivity index (χ1n) is 10.2. The molecule has 3 N–H and O–H groups in total. The number of nitrogens with zero attached hydrogens (tertiary/aromatic N) is 4. The van der Waals surface area contributed by atoms with Crippen molar-refractivity contribution in [1.29, 1.82) is 0 Å². The Labute approximate surface area is 180 Å². The molecule has 0 aliphatic carbocycles. The van der Waals surface area contributed by atoms with E-state index < -0.39 is 0 Å². The number of carbonyl (C=O) groups excluding carboxylic acids is 1. The minimum Gasteiger partial charge on any atom is -0.508 e. The van der Waals surface area contributed by atoms with Crippen LogP contribution in [0.4, 0.5) is 4.79 Å². The molecule has 3 aromatic rings. The van der Waals surface area contributed by atoms with E-state index >= 15 is 0 Å². The number of amides is 1. The topological polar surface area (TPSA) is 102 Å². The van der Waals surface area contributed by atoms with Crippen LogP contribution in [0.2, 0.25) is 0 Å². The summed E-state index contributed by atoms with van der Waals surface area (Å²) in [5.74, 6) is 0.147. The van der Waals surface area contributed by atoms with Crippen LogP contribution in [-0.4, -0.2) is 66.9 Å². The molecule has 2 heterocycles. The number of piperidine rings is 1. The number of phenols is 3. The van der Waals surface area contributed by atoms with E-state index in [2.05, 4.69) is 9.88 Å². The fraction of sp³-hybridized carbons (Fsp3) is 0.304. The summed E-state index contributed by atoms with van der Waals surface area (Å²) < 4.78 is 1.43. The van der Waals surface area contributed by atoms with Gasteiger partial charge in [-0.3, -0.25) is 9.47 Å². The van der Waals surface area contributed by atoms with E-state index in [1.165, 1.54) is 29.1 Å². The average Bonchev–Trinajstić information content (AvgIpc) is 3.23. The van der Waals surface area contributed by atoms with Crippen LogP contribution in [0, 0.1) is 0 Å². The van der Waals surface area contributed by atoms with Crippen LogP contribution in [0.1, 0.15) is 18.4 Å². The molecule has 0 atom stereocenters. The molecule has 1 aliphatic rings. The zero-order valence-corrected chi connectivity index (χ0v) is 17.3. The first-order chi connectivity index (χ1) is 14.9. The van der Waals surface area contributed by atoms with Crippen LogP contribution < -0.4 is 0 Å². The van der Waals surface area contributed by atoms with Gasteiger partial charge in [-0.05, 0) is 42.7 Å². The molecular formula is C23H26N4O4. The number of phenolic OH excluding ortho intramolecular Hbond substituents is 3. The quantitative estimate of drug-likeness (QED) is 0.597. The lowest BCUT2D eigenvalue weighted by Gasteiger charge is -2.36. The largest absolute Gasteiger partial charge is 0.508 e. The van der Waals surface area contributed by atoms with Gasteiger partial charge in [0.15, 0.2) is 0 Å². The normalized spacial score (nSPS) is 15.1. The van der Waals surface area contributed by atoms with Gasteiger partial charge in [-0.1, -0.05) is 12.1 Å². The van der Waals surface area contributed by atoms with Gasteiger partial charge in [0.1, 0.15) is 23.6 Å². The monoisotopic (exact) mass is 422 g/mol. The molecule has 1 aromatic heterocycles. The molecule has 1 aliphatic heterocycles. The maximum Gasteiger partial charge on any atom is 0.329 e. The molecule has 1 saturated heterocycles. The lowest BCUT2D eigenvalue weighted by Crippen LogP contribution is -2.46. The molecule has 8 nitrogen and oxygen atoms in total. The third-order valence-corrected chi connectivity index (χ3v) is 5.73. The second kappa shape index (κ2) is 8.69. The number of likely N-dealkylation sites (tertiary alicyclic amines) is 1. The van der Waals surface area contributed by atoms with Crippen molar-refractivity contribution in [2.45, 2.75) is 25.4 Å². The number of hydrogen-bond acceptors (Lipinski definition) is 6. The van der Waals surface area contributed by atoms with Gasteiger partial charge in [0.05, 0.1) is 5.69 Å². The molecule has 2 aromatic carbocycles. The molecule has 0 radical (unpaired) electrons. The van der Waals surface area contributed by atoms with E-state index in [4.69, 9.17) is 0 Å². The highest BCUT2D eigenvalue weighted by Gasteiger charge is 2.26. The van der Waals surface area contributed by atoms with E-state index in [1.807, 2.05) is 12.1 Å². The molecule has 1 amide bonds. The molecule has 8 heteroatoms. The summed E-state index contributed by atoms with van der Waals surface area (Å²) >= 11 is 0. The van der Waals surface area contributed by atoms with E-state index in [9.17, 15) is 20.1 Å². The lowest BCUT2D eigenvalue weighted by molar-refractivity contribution is 0.132. The highest BCUT2D eigenvalue weighted by atomic mass is 16.3. The minimum atomic E-state index is -0.172. The number of aromatic nitrogens is 2. The summed E-state index contributed by atoms with van der Waals surface area (Å²) in [6.45, 7) is 2.52. The third kappa shape index (κ3) is 4.80. The molecule has 0 spiro atoms. The number of aromatic hydroxyl groups is 3. The summed E-state index contributed by atoms with van der Waals surface area (Å²) in [6, 6.07) is 11.5. The molecule has 0 saturated carbocycles. The summed E-state index contributed by atoms with van der Waals surface area (Å²) in [7, 11) is 1.80. The van der Waals surface area contributed by atoms with Crippen LogP contribution in [-0.2, 0) is 6.54 Å². The van der Waals surface area contributed by atoms with Gasteiger partial charge < -0.3 is 20.2 Å². The fourth-order valence-electron chi connectivity index (χ4n) is 4.04. The second-order valence-electron chi connectivity index (χ2n) is 7.97. The van der Waals surface area contributed by atoms with Gasteiger partial charge in [0.25, 0.3) is 0 Å². The van der Waals surface area contributed by atoms with Gasteiger partial charge >= 0.3 is 6.03 Å². The van der Waals surface area contributed by atoms with Gasteiger partial charge in [-0.15, -0.1) is 0 Å². The van der Waals surface area contributed by atoms with Crippen LogP contribution in [0.5, 0.6) is 17.2 Å². The Morgan fingerprint density at radius 3 is 2.45 bits per heavy atom. The maximum atomic E-state index is 12.9. The lowest BCUT2D eigenvalue weighted by atomic mass is 10.0. The van der Waals surface area contributed by atoms with Gasteiger partial charge in [-0.2, -0.15) is 0 Å². The summed E-state index contributed by atoms with van der Waals surface area (Å²) in [4.78, 5) is 21.3. The number of benzene rings is 2. The molecule has 162 valence electrons. The standard InChI is InChI=1S/C23H26N4O4/c1-25(18-5-7-26(8-6-18)13-16-3-2-4-19(28)9-16)23(31)27-14-22(24-15-27)17-10-20(29)12-21(30)11-17/h2-4,9-12,14-15,18,28-30H,5-8,13H2,1H3. The minimum absolute atomic E-state index is 0.0644. The Kier molecular flexibility index (Phi) is 5.81. The first-order valence-corrected chi connectivity index (χ1v) is 10.2. The van der Waals surface area contributed by atoms with Crippen molar-refractivity contribution >= 4 is 6.03 Å². The summed E-state index contributed by atoms with van der Waals surface area (Å²) in [5, 5.41) is 29.0. The molecule has 31 heavy (non-hydrogen) atoms. The van der Waals surface area contributed by atoms with Crippen molar-refractivity contribution in [3.05, 3.63) is 60.6 Å². The Balaban J connectivity index is 1.36. The highest BCUT2D eigenvalue weighted by molar-refractivity contribution is 5.78. The number of rotatable bonds is 4. The first kappa shape index (κ1) is 20.7. The Morgan fingerprint density at radius 1 is 1.06 bits per heavy atom. The van der Waals surface area contributed by atoms with Crippen molar-refractivity contribution in [2.24, 2.45) is 0 Å². The summed E-state index contributed by atoms with van der Waals surface area (Å²) in [5.41, 5.74) is 2.10. The van der Waals surface area contributed by atoms with E-state index in [1.54, 1.807) is 30.3 Å². The van der Waals surface area contributed by atoms with Crippen molar-refractivity contribution in [2.75, 3.05) is 20.1 Å². The van der Waals surface area contributed by atoms with Gasteiger partial charge in [0.2, 0.25) is 0 Å². The van der Waals surface area contributed by atoms with Crippen molar-refractivity contribution in [3.8, 4) is 28.5 Å². The van der Waals surface area contributed by atoms with Crippen LogP contribution >= 0.6 is 0 Å². The maximum absolute atomic E-state index is 12.9. The van der Waals surface area contributed by atoms with Crippen LogP contribution in [0.15, 0.2) is 55.0 Å². The van der Waals surface area contributed by atoms with Crippen LogP contribution in [0.3, 0.4) is 0 Å². The Bertz CT molecular complexity index is 1050. The smallest absolute Gasteiger partial charge is 0.329 e. The Morgan fingerprint density at radius 2 is 1.77 bits per heavy atom. The van der Waals surface area contributed by atoms with E-state index in [0.29, 0.717) is 11.3 Å². The van der Waals surface area contributed by atoms with Crippen LogP contribution in [0.25, 0.3) is 11.3 Å². The molecular weight excluding hydrogens is 396 g/mol. The zero-order chi connectivity index (χ0) is 22.0. The van der Waals surface area contributed by atoms with E-state index in [-0.39, 0.29) is 29.3 Å². The number of carbonyl (C=O) groups is 1. The number of hydrogen-bond donors (Lipinski definition) is 3. The molecule has 1 fully saturated rings. The molecule has 0 bridgehead atoms. The Hall–Kier alpha value is -3.52. The summed E-state index contributed by atoms with van der Waals surface area (Å²) in [6.07, 6.45) is 4.78. The number of imidazole rings is 1. The average molecular weight is 422 g/mol. The van der Waals surface area contributed by atoms with Gasteiger partial charge in [0, 0.05) is 50.6 Å². The van der Waals surface area contributed by atoms with Crippen molar-refractivity contribution < 1.29 is 20.1 Å². The van der Waals surface area contributed by atoms with Crippen molar-refractivity contribution in [1.82, 2.24) is 19.4 Å². The van der Waals surface area contributed by atoms with Gasteiger partial charge in [-0.25, -0.2) is 9.78 Å². The molecule has 4 rings (SSSR count). The van der Waals surface area contributed by atoms with E-state index in [0.717, 1.165) is 38.0 Å².